The highest BCUT2D eigenvalue weighted by atomic mass is 35.5. The average Bonchev–Trinajstić information content (AvgIpc) is 2.93. The van der Waals surface area contributed by atoms with Crippen molar-refractivity contribution in [1.29, 1.82) is 0 Å². The minimum atomic E-state index is -4.19. The zero-order valence-corrected chi connectivity index (χ0v) is 24.0. The molecule has 1 saturated heterocycles. The van der Waals surface area contributed by atoms with Gasteiger partial charge in [-0.15, -0.1) is 0 Å². The van der Waals surface area contributed by atoms with Crippen LogP contribution in [-0.4, -0.2) is 53.8 Å². The molecule has 1 amide bonds. The van der Waals surface area contributed by atoms with E-state index in [1.807, 2.05) is 6.92 Å². The highest BCUT2D eigenvalue weighted by Gasteiger charge is 2.30. The quantitative estimate of drug-likeness (QED) is 0.387. The number of hydrogen-bond acceptors (Lipinski definition) is 6. The van der Waals surface area contributed by atoms with Crippen LogP contribution in [0.1, 0.15) is 24.8 Å². The van der Waals surface area contributed by atoms with E-state index in [1.54, 1.807) is 24.3 Å². The first-order chi connectivity index (χ1) is 18.5. The number of nitrogens with one attached hydrogen (secondary N) is 1. The van der Waals surface area contributed by atoms with Gasteiger partial charge in [-0.3, -0.25) is 9.10 Å². The lowest BCUT2D eigenvalue weighted by molar-refractivity contribution is -0.114. The maximum absolute atomic E-state index is 13.6. The fourth-order valence-electron chi connectivity index (χ4n) is 4.31. The van der Waals surface area contributed by atoms with Crippen molar-refractivity contribution in [2.75, 3.05) is 36.4 Å². The van der Waals surface area contributed by atoms with Crippen LogP contribution in [0.5, 0.6) is 5.75 Å². The van der Waals surface area contributed by atoms with Crippen LogP contribution in [0.2, 0.25) is 5.02 Å². The molecule has 1 N–H and O–H groups in total. The first-order valence-corrected chi connectivity index (χ1v) is 15.6. The molecule has 0 atom stereocenters. The number of piperidine rings is 1. The number of nitrogens with zero attached hydrogens (tertiary/aromatic N) is 2. The predicted molar refractivity (Wildman–Crippen MR) is 151 cm³/mol. The number of methoxy groups -OCH3 is 1. The number of carbonyl (C=O) groups excluding carboxylic acids is 1. The van der Waals surface area contributed by atoms with Gasteiger partial charge < -0.3 is 10.1 Å². The van der Waals surface area contributed by atoms with Gasteiger partial charge in [0.05, 0.1) is 33.3 Å². The number of halogens is 1. The van der Waals surface area contributed by atoms with Crippen LogP contribution in [0.3, 0.4) is 0 Å². The van der Waals surface area contributed by atoms with E-state index >= 15 is 0 Å². The second-order valence-corrected chi connectivity index (χ2v) is 13.4. The lowest BCUT2D eigenvalue weighted by Gasteiger charge is -2.26. The molecule has 0 aromatic heterocycles. The third-order valence-electron chi connectivity index (χ3n) is 6.42. The van der Waals surface area contributed by atoms with E-state index in [2.05, 4.69) is 5.32 Å². The van der Waals surface area contributed by atoms with Crippen molar-refractivity contribution in [3.63, 3.8) is 0 Å². The molecule has 0 spiro atoms. The molecule has 0 radical (unpaired) electrons. The number of aryl methyl sites for hydroxylation is 1. The van der Waals surface area contributed by atoms with Crippen LogP contribution < -0.4 is 14.4 Å². The molecule has 0 aliphatic carbocycles. The zero-order chi connectivity index (χ0) is 28.2. The lowest BCUT2D eigenvalue weighted by Crippen LogP contribution is -2.38. The van der Waals surface area contributed by atoms with Crippen molar-refractivity contribution >= 4 is 48.9 Å². The van der Waals surface area contributed by atoms with Gasteiger partial charge in [0.25, 0.3) is 10.0 Å². The van der Waals surface area contributed by atoms with Crippen LogP contribution in [-0.2, 0) is 24.8 Å². The molecule has 39 heavy (non-hydrogen) atoms. The van der Waals surface area contributed by atoms with Gasteiger partial charge in [0.2, 0.25) is 15.9 Å². The van der Waals surface area contributed by atoms with Gasteiger partial charge in [0.1, 0.15) is 12.3 Å². The molecule has 1 aliphatic rings. The molecular formula is C27H30ClN3O6S2. The number of ether oxygens (including phenoxy) is 1. The van der Waals surface area contributed by atoms with Crippen LogP contribution in [0.4, 0.5) is 11.4 Å². The smallest absolute Gasteiger partial charge is 0.264 e. The fraction of sp³-hybridized carbons (Fsp3) is 0.296. The summed E-state index contributed by atoms with van der Waals surface area (Å²) in [6.45, 7) is 2.08. The largest absolute Gasteiger partial charge is 0.495 e. The van der Waals surface area contributed by atoms with E-state index < -0.39 is 32.5 Å². The number of benzene rings is 3. The van der Waals surface area contributed by atoms with E-state index in [9.17, 15) is 21.6 Å². The molecule has 1 fully saturated rings. The first-order valence-electron chi connectivity index (χ1n) is 12.4. The SMILES string of the molecule is COc1ccc(S(=O)(=O)N2CCCCC2)cc1NC(=O)CN(c1ccccc1Cl)S(=O)(=O)c1ccc(C)cc1. The van der Waals surface area contributed by atoms with Crippen LogP contribution in [0.15, 0.2) is 76.5 Å². The minimum absolute atomic E-state index is 0.00646. The Morgan fingerprint density at radius 3 is 2.23 bits per heavy atom. The molecule has 0 saturated carbocycles. The normalized spacial score (nSPS) is 14.5. The highest BCUT2D eigenvalue weighted by Crippen LogP contribution is 2.32. The third-order valence-corrected chi connectivity index (χ3v) is 10.4. The summed E-state index contributed by atoms with van der Waals surface area (Å²) in [6.07, 6.45) is 2.54. The number of anilines is 2. The van der Waals surface area contributed by atoms with Gasteiger partial charge in [0, 0.05) is 13.1 Å². The second-order valence-electron chi connectivity index (χ2n) is 9.15. The van der Waals surface area contributed by atoms with Crippen molar-refractivity contribution in [2.45, 2.75) is 36.0 Å². The van der Waals surface area contributed by atoms with Crippen LogP contribution in [0.25, 0.3) is 0 Å². The standard InChI is InChI=1S/C27H30ClN3O6S2/c1-20-10-12-21(13-11-20)39(35,36)31(25-9-5-4-8-23(25)28)19-27(32)29-24-18-22(14-15-26(24)37-2)38(33,34)30-16-6-3-7-17-30/h4-5,8-15,18H,3,6-7,16-17,19H2,1-2H3,(H,29,32). The van der Waals surface area contributed by atoms with Gasteiger partial charge in [-0.1, -0.05) is 47.9 Å². The van der Waals surface area contributed by atoms with Crippen molar-refractivity contribution < 1.29 is 26.4 Å². The molecule has 12 heteroatoms. The number of para-hydroxylation sites is 1. The molecule has 1 heterocycles. The average molecular weight is 592 g/mol. The Hall–Kier alpha value is -3.12. The van der Waals surface area contributed by atoms with Crippen molar-refractivity contribution in [3.8, 4) is 5.75 Å². The molecule has 0 unspecified atom stereocenters. The zero-order valence-electron chi connectivity index (χ0n) is 21.6. The second kappa shape index (κ2) is 12.0. The third kappa shape index (κ3) is 6.38. The summed E-state index contributed by atoms with van der Waals surface area (Å²) in [5, 5.41) is 2.78. The topological polar surface area (TPSA) is 113 Å². The summed E-state index contributed by atoms with van der Waals surface area (Å²) in [6, 6.07) is 16.8. The van der Waals surface area contributed by atoms with Crippen molar-refractivity contribution in [3.05, 3.63) is 77.3 Å². The van der Waals surface area contributed by atoms with Crippen LogP contribution in [0, 0.1) is 6.92 Å². The summed E-state index contributed by atoms with van der Waals surface area (Å²) in [7, 11) is -6.57. The molecule has 1 aliphatic heterocycles. The van der Waals surface area contributed by atoms with Gasteiger partial charge in [0.15, 0.2) is 0 Å². The molecule has 9 nitrogen and oxygen atoms in total. The van der Waals surface area contributed by atoms with Crippen molar-refractivity contribution in [1.82, 2.24) is 4.31 Å². The van der Waals surface area contributed by atoms with E-state index in [0.29, 0.717) is 13.1 Å². The molecule has 3 aromatic rings. The molecule has 0 bridgehead atoms. The lowest BCUT2D eigenvalue weighted by atomic mass is 10.2. The molecule has 208 valence electrons. The summed E-state index contributed by atoms with van der Waals surface area (Å²) >= 11 is 6.34. The van der Waals surface area contributed by atoms with Gasteiger partial charge in [-0.05, 0) is 62.2 Å². The molecular weight excluding hydrogens is 562 g/mol. The summed E-state index contributed by atoms with van der Waals surface area (Å²) in [5.41, 5.74) is 1.11. The van der Waals surface area contributed by atoms with Crippen molar-refractivity contribution in [2.24, 2.45) is 0 Å². The van der Waals surface area contributed by atoms with E-state index in [-0.39, 0.29) is 31.9 Å². The van der Waals surface area contributed by atoms with Gasteiger partial charge in [-0.2, -0.15) is 4.31 Å². The van der Waals surface area contributed by atoms with Crippen LogP contribution >= 0.6 is 11.6 Å². The van der Waals surface area contributed by atoms with E-state index in [4.69, 9.17) is 16.3 Å². The number of amides is 1. The Morgan fingerprint density at radius 1 is 0.949 bits per heavy atom. The van der Waals surface area contributed by atoms with Gasteiger partial charge in [-0.25, -0.2) is 16.8 Å². The minimum Gasteiger partial charge on any atom is -0.495 e. The Kier molecular flexibility index (Phi) is 8.85. The Morgan fingerprint density at radius 2 is 1.59 bits per heavy atom. The molecule has 3 aromatic carbocycles. The monoisotopic (exact) mass is 591 g/mol. The number of sulfonamides is 2. The summed E-state index contributed by atoms with van der Waals surface area (Å²) < 4.78 is 61.4. The summed E-state index contributed by atoms with van der Waals surface area (Å²) in [4.78, 5) is 13.3. The Balaban J connectivity index is 1.66. The summed E-state index contributed by atoms with van der Waals surface area (Å²) in [5.74, 6) is -0.483. The fourth-order valence-corrected chi connectivity index (χ4v) is 7.58. The molecule has 4 rings (SSSR count). The van der Waals surface area contributed by atoms with Gasteiger partial charge >= 0.3 is 0 Å². The first kappa shape index (κ1) is 28.9. The Labute approximate surface area is 234 Å². The Bertz CT molecular complexity index is 1550. The maximum atomic E-state index is 13.6. The highest BCUT2D eigenvalue weighted by molar-refractivity contribution is 7.93. The number of rotatable bonds is 9. The number of hydrogen-bond donors (Lipinski definition) is 1. The maximum Gasteiger partial charge on any atom is 0.264 e. The number of carbonyl (C=O) groups is 1. The predicted octanol–water partition coefficient (Wildman–Crippen LogP) is 4.67. The van der Waals surface area contributed by atoms with E-state index in [1.165, 1.54) is 53.9 Å². The van der Waals surface area contributed by atoms with E-state index in [0.717, 1.165) is 29.1 Å².